The lowest BCUT2D eigenvalue weighted by molar-refractivity contribution is -0.197. The molecule has 1 aromatic carbocycles. The van der Waals surface area contributed by atoms with Crippen LogP contribution in [-0.4, -0.2) is 76.5 Å². The fourth-order valence-corrected chi connectivity index (χ4v) is 3.95. The lowest BCUT2D eigenvalue weighted by Crippen LogP contribution is -2.66. The third-order valence-corrected chi connectivity index (χ3v) is 5.46. The number of amides is 2. The molecule has 2 heterocycles. The van der Waals surface area contributed by atoms with Crippen molar-refractivity contribution in [3.63, 3.8) is 0 Å². The smallest absolute Gasteiger partial charge is 0.427 e. The van der Waals surface area contributed by atoms with Crippen molar-refractivity contribution in [2.24, 2.45) is 0 Å². The van der Waals surface area contributed by atoms with Crippen molar-refractivity contribution in [3.8, 4) is 0 Å². The van der Waals surface area contributed by atoms with E-state index in [1.54, 1.807) is 11.9 Å². The average molecular weight is 418 g/mol. The molecule has 0 bridgehead atoms. The van der Waals surface area contributed by atoms with Crippen LogP contribution in [0.3, 0.4) is 0 Å². The highest BCUT2D eigenvalue weighted by Crippen LogP contribution is 2.21. The molecule has 2 saturated heterocycles. The molecule has 3 rings (SSSR count). The molecule has 0 aromatic heterocycles. The van der Waals surface area contributed by atoms with Gasteiger partial charge in [0.1, 0.15) is 6.04 Å². The number of hydrogen-bond acceptors (Lipinski definition) is 6. The highest BCUT2D eigenvalue weighted by atomic mass is 16.5. The quantitative estimate of drug-likeness (QED) is 0.649. The highest BCUT2D eigenvalue weighted by molar-refractivity contribution is 5.85. The van der Waals surface area contributed by atoms with Crippen molar-refractivity contribution >= 4 is 18.0 Å². The first-order valence-corrected chi connectivity index (χ1v) is 10.6. The molecule has 9 nitrogen and oxygen atoms in total. The van der Waals surface area contributed by atoms with E-state index in [0.717, 1.165) is 17.0 Å². The van der Waals surface area contributed by atoms with Crippen LogP contribution in [0.15, 0.2) is 30.3 Å². The van der Waals surface area contributed by atoms with Crippen molar-refractivity contribution < 1.29 is 24.2 Å². The molecule has 1 aromatic rings. The molecule has 9 heteroatoms. The number of hydrogen-bond donors (Lipinski definition) is 2. The molecule has 30 heavy (non-hydrogen) atoms. The third-order valence-electron chi connectivity index (χ3n) is 5.46. The van der Waals surface area contributed by atoms with E-state index in [4.69, 9.17) is 4.74 Å². The number of nitrogens with one attached hydrogen (secondary N) is 1. The summed E-state index contributed by atoms with van der Waals surface area (Å²) >= 11 is 0. The first-order chi connectivity index (χ1) is 14.5. The number of fused-ring (bicyclic) bond motifs is 1. The number of rotatable bonds is 7. The van der Waals surface area contributed by atoms with E-state index < -0.39 is 24.1 Å². The summed E-state index contributed by atoms with van der Waals surface area (Å²) < 4.78 is 5.21. The molecule has 2 atom stereocenters. The van der Waals surface area contributed by atoms with E-state index in [9.17, 15) is 19.5 Å². The Labute approximate surface area is 176 Å². The standard InChI is InChI=1S/C21H30N4O5/c1-2-30-20(27)18(11-10-16-8-4-3-5-9-16)22-17-12-15-23-13-6-7-14-24(21(28)29)25(23)19(17)26/h3-5,8-9,17-18,22H,2,6-7,10-15H2,1H3,(H,28,29)/t17-,18-/m0/s1. The van der Waals surface area contributed by atoms with E-state index in [1.807, 2.05) is 30.3 Å². The van der Waals surface area contributed by atoms with Crippen LogP contribution in [0.2, 0.25) is 0 Å². The number of nitrogens with zero attached hydrogens (tertiary/aromatic N) is 3. The summed E-state index contributed by atoms with van der Waals surface area (Å²) in [6, 6.07) is 8.53. The number of carbonyl (C=O) groups is 3. The third kappa shape index (κ3) is 5.28. The molecule has 2 amide bonds. The second-order valence-electron chi connectivity index (χ2n) is 7.53. The van der Waals surface area contributed by atoms with Crippen molar-refractivity contribution in [2.75, 3.05) is 26.2 Å². The monoisotopic (exact) mass is 418 g/mol. The number of carboxylic acid groups (broad SMARTS) is 1. The van der Waals surface area contributed by atoms with Crippen LogP contribution >= 0.6 is 0 Å². The number of hydrazine groups is 2. The largest absolute Gasteiger partial charge is 0.465 e. The number of ether oxygens (including phenoxy) is 1. The molecular formula is C21H30N4O5. The second-order valence-corrected chi connectivity index (χ2v) is 7.53. The average Bonchev–Trinajstić information content (AvgIpc) is 2.96. The van der Waals surface area contributed by atoms with E-state index in [-0.39, 0.29) is 19.1 Å². The lowest BCUT2D eigenvalue weighted by atomic mass is 10.0. The van der Waals surface area contributed by atoms with Crippen LogP contribution in [0.5, 0.6) is 0 Å². The van der Waals surface area contributed by atoms with E-state index >= 15 is 0 Å². The van der Waals surface area contributed by atoms with Crippen molar-refractivity contribution in [1.82, 2.24) is 20.5 Å². The normalized spacial score (nSPS) is 21.0. The maximum absolute atomic E-state index is 13.2. The molecule has 0 spiro atoms. The number of aryl methyl sites for hydroxylation is 1. The fourth-order valence-electron chi connectivity index (χ4n) is 3.95. The van der Waals surface area contributed by atoms with Gasteiger partial charge in [-0.25, -0.2) is 9.80 Å². The Balaban J connectivity index is 1.72. The van der Waals surface area contributed by atoms with Crippen LogP contribution in [0.4, 0.5) is 4.79 Å². The predicted octanol–water partition coefficient (Wildman–Crippen LogP) is 1.65. The minimum Gasteiger partial charge on any atom is -0.465 e. The molecule has 0 radical (unpaired) electrons. The fraction of sp³-hybridized carbons (Fsp3) is 0.571. The van der Waals surface area contributed by atoms with Crippen molar-refractivity contribution in [3.05, 3.63) is 35.9 Å². The number of esters is 1. The van der Waals surface area contributed by atoms with Crippen LogP contribution in [0.1, 0.15) is 38.2 Å². The Kier molecular flexibility index (Phi) is 7.64. The Bertz CT molecular complexity index is 744. The summed E-state index contributed by atoms with van der Waals surface area (Å²) in [5.74, 6) is -0.742. The molecular weight excluding hydrogens is 388 g/mol. The zero-order valence-electron chi connectivity index (χ0n) is 17.3. The van der Waals surface area contributed by atoms with E-state index in [0.29, 0.717) is 38.8 Å². The Morgan fingerprint density at radius 2 is 1.93 bits per heavy atom. The predicted molar refractivity (Wildman–Crippen MR) is 109 cm³/mol. The Morgan fingerprint density at radius 3 is 2.63 bits per heavy atom. The van der Waals surface area contributed by atoms with Gasteiger partial charge in [0.15, 0.2) is 0 Å². The summed E-state index contributed by atoms with van der Waals surface area (Å²) in [5, 5.41) is 16.8. The summed E-state index contributed by atoms with van der Waals surface area (Å²) in [4.78, 5) is 37.4. The minimum atomic E-state index is -1.15. The van der Waals surface area contributed by atoms with Gasteiger partial charge in [0.05, 0.1) is 12.6 Å². The molecule has 2 fully saturated rings. The zero-order chi connectivity index (χ0) is 21.5. The van der Waals surface area contributed by atoms with Crippen molar-refractivity contribution in [2.45, 2.75) is 51.1 Å². The molecule has 0 saturated carbocycles. The molecule has 0 aliphatic carbocycles. The first-order valence-electron chi connectivity index (χ1n) is 10.6. The van der Waals surface area contributed by atoms with Gasteiger partial charge in [-0.15, -0.1) is 0 Å². The maximum atomic E-state index is 13.2. The summed E-state index contributed by atoms with van der Waals surface area (Å²) in [6.45, 7) is 3.46. The van der Waals surface area contributed by atoms with Gasteiger partial charge >= 0.3 is 12.1 Å². The second kappa shape index (κ2) is 10.4. The molecule has 2 N–H and O–H groups in total. The maximum Gasteiger partial charge on any atom is 0.427 e. The van der Waals surface area contributed by atoms with Gasteiger partial charge in [-0.3, -0.25) is 14.9 Å². The van der Waals surface area contributed by atoms with Gasteiger partial charge in [0, 0.05) is 19.6 Å². The zero-order valence-corrected chi connectivity index (χ0v) is 17.3. The SMILES string of the molecule is CCOC(=O)[C@H](CCc1ccccc1)N[C@H]1CCN2CCCCN(C(=O)O)N2C1=O. The van der Waals surface area contributed by atoms with Gasteiger partial charge in [-0.2, -0.15) is 10.1 Å². The van der Waals surface area contributed by atoms with E-state index in [2.05, 4.69) is 5.32 Å². The number of carbonyl (C=O) groups excluding carboxylic acids is 2. The summed E-state index contributed by atoms with van der Waals surface area (Å²) in [6.07, 6.45) is 2.03. The first kappa shape index (κ1) is 22.0. The summed E-state index contributed by atoms with van der Waals surface area (Å²) in [7, 11) is 0. The van der Waals surface area contributed by atoms with Gasteiger partial charge < -0.3 is 9.84 Å². The topological polar surface area (TPSA) is 102 Å². The summed E-state index contributed by atoms with van der Waals surface area (Å²) in [5.41, 5.74) is 1.10. The number of benzene rings is 1. The highest BCUT2D eigenvalue weighted by Gasteiger charge is 2.41. The lowest BCUT2D eigenvalue weighted by Gasteiger charge is -2.44. The molecule has 164 valence electrons. The van der Waals surface area contributed by atoms with Crippen LogP contribution in [0, 0.1) is 0 Å². The Hall–Kier alpha value is -2.65. The van der Waals surface area contributed by atoms with Crippen LogP contribution < -0.4 is 5.32 Å². The van der Waals surface area contributed by atoms with Gasteiger partial charge in [0.2, 0.25) is 0 Å². The molecule has 2 aliphatic heterocycles. The Morgan fingerprint density at radius 1 is 1.20 bits per heavy atom. The van der Waals surface area contributed by atoms with Gasteiger partial charge in [0.25, 0.3) is 5.91 Å². The van der Waals surface area contributed by atoms with Gasteiger partial charge in [-0.05, 0) is 44.6 Å². The van der Waals surface area contributed by atoms with E-state index in [1.165, 1.54) is 5.12 Å². The van der Waals surface area contributed by atoms with Crippen molar-refractivity contribution in [1.29, 1.82) is 0 Å². The van der Waals surface area contributed by atoms with Crippen LogP contribution in [0.25, 0.3) is 0 Å². The minimum absolute atomic E-state index is 0.258. The van der Waals surface area contributed by atoms with Gasteiger partial charge in [-0.1, -0.05) is 30.3 Å². The van der Waals surface area contributed by atoms with Crippen LogP contribution in [-0.2, 0) is 20.7 Å². The molecule has 0 unspecified atom stereocenters. The molecule has 2 aliphatic rings.